The molecule has 0 bridgehead atoms. The van der Waals surface area contributed by atoms with Crippen LogP contribution in [0, 0.1) is 0 Å². The number of aromatic nitrogens is 3. The van der Waals surface area contributed by atoms with Gasteiger partial charge in [0.1, 0.15) is 5.82 Å². The minimum absolute atomic E-state index is 0.117. The lowest BCUT2D eigenvalue weighted by Crippen LogP contribution is -2.37. The van der Waals surface area contributed by atoms with E-state index in [1.807, 2.05) is 24.3 Å². The van der Waals surface area contributed by atoms with Crippen molar-refractivity contribution < 1.29 is 4.79 Å². The normalized spacial score (nSPS) is 19.3. The lowest BCUT2D eigenvalue weighted by atomic mass is 10.1. The average Bonchev–Trinajstić information content (AvgIpc) is 3.41. The first-order chi connectivity index (χ1) is 10.1. The van der Waals surface area contributed by atoms with Gasteiger partial charge < -0.3 is 11.1 Å². The molecule has 6 nitrogen and oxygen atoms in total. The first-order valence-corrected chi connectivity index (χ1v) is 7.27. The fourth-order valence-electron chi connectivity index (χ4n) is 2.30. The van der Waals surface area contributed by atoms with E-state index in [0.717, 1.165) is 29.9 Å². The molecular weight excluding hydrogens is 266 g/mol. The smallest absolute Gasteiger partial charge is 0.244 e. The highest BCUT2D eigenvalue weighted by Gasteiger charge is 2.45. The van der Waals surface area contributed by atoms with E-state index in [2.05, 4.69) is 20.5 Å². The van der Waals surface area contributed by atoms with Gasteiger partial charge in [0.25, 0.3) is 0 Å². The van der Waals surface area contributed by atoms with Crippen LogP contribution in [0.5, 0.6) is 0 Å². The maximum absolute atomic E-state index is 12.0. The van der Waals surface area contributed by atoms with Crippen molar-refractivity contribution in [2.24, 2.45) is 5.73 Å². The molecule has 1 aromatic heterocycles. The Bertz CT molecular complexity index is 700. The quantitative estimate of drug-likeness (QED) is 0.796. The molecule has 6 heteroatoms. The van der Waals surface area contributed by atoms with E-state index in [4.69, 9.17) is 5.73 Å². The van der Waals surface area contributed by atoms with Gasteiger partial charge in [0, 0.05) is 17.2 Å². The van der Waals surface area contributed by atoms with Crippen molar-refractivity contribution in [1.82, 2.24) is 15.2 Å². The highest BCUT2D eigenvalue weighted by Crippen LogP contribution is 2.38. The van der Waals surface area contributed by atoms with Gasteiger partial charge in [0.15, 0.2) is 5.82 Å². The Labute approximate surface area is 122 Å². The molecule has 21 heavy (non-hydrogen) atoms. The second-order valence-corrected chi connectivity index (χ2v) is 6.01. The van der Waals surface area contributed by atoms with Crippen molar-refractivity contribution in [2.75, 3.05) is 5.32 Å². The molecule has 1 heterocycles. The second kappa shape index (κ2) is 4.39. The van der Waals surface area contributed by atoms with E-state index in [1.54, 1.807) is 0 Å². The monoisotopic (exact) mass is 283 g/mol. The summed E-state index contributed by atoms with van der Waals surface area (Å²) in [5, 5.41) is 10.1. The van der Waals surface area contributed by atoms with Gasteiger partial charge in [-0.05, 0) is 37.8 Å². The molecule has 0 radical (unpaired) electrons. The SMILES string of the molecule is NC1(C(=O)Nc2cccc(-c3n[nH]c(C4CC4)n3)c2)CC1. The van der Waals surface area contributed by atoms with Crippen LogP contribution in [0.15, 0.2) is 24.3 Å². The Kier molecular flexibility index (Phi) is 2.62. The summed E-state index contributed by atoms with van der Waals surface area (Å²) >= 11 is 0. The van der Waals surface area contributed by atoms with Crippen molar-refractivity contribution in [3.8, 4) is 11.4 Å². The van der Waals surface area contributed by atoms with Crippen LogP contribution in [0.4, 0.5) is 5.69 Å². The minimum atomic E-state index is -0.667. The molecule has 0 unspecified atom stereocenters. The van der Waals surface area contributed by atoms with E-state index >= 15 is 0 Å². The molecule has 0 spiro atoms. The lowest BCUT2D eigenvalue weighted by molar-refractivity contribution is -0.118. The van der Waals surface area contributed by atoms with Gasteiger partial charge in [-0.2, -0.15) is 5.10 Å². The van der Waals surface area contributed by atoms with E-state index in [9.17, 15) is 4.79 Å². The second-order valence-electron chi connectivity index (χ2n) is 6.01. The molecule has 1 aromatic carbocycles. The molecule has 2 aromatic rings. The van der Waals surface area contributed by atoms with Gasteiger partial charge in [-0.15, -0.1) is 0 Å². The van der Waals surface area contributed by atoms with Crippen molar-refractivity contribution in [3.63, 3.8) is 0 Å². The van der Waals surface area contributed by atoms with Crippen LogP contribution in [-0.2, 0) is 4.79 Å². The zero-order valence-corrected chi connectivity index (χ0v) is 11.6. The van der Waals surface area contributed by atoms with Crippen LogP contribution < -0.4 is 11.1 Å². The minimum Gasteiger partial charge on any atom is -0.324 e. The number of carbonyl (C=O) groups excluding carboxylic acids is 1. The zero-order valence-electron chi connectivity index (χ0n) is 11.6. The molecule has 0 atom stereocenters. The summed E-state index contributed by atoms with van der Waals surface area (Å²) < 4.78 is 0. The number of anilines is 1. The van der Waals surface area contributed by atoms with Crippen LogP contribution in [0.1, 0.15) is 37.4 Å². The number of amides is 1. The maximum atomic E-state index is 12.0. The molecule has 2 saturated carbocycles. The summed E-state index contributed by atoms with van der Waals surface area (Å²) in [6.07, 6.45) is 3.88. The molecule has 4 N–H and O–H groups in total. The Hall–Kier alpha value is -2.21. The zero-order chi connectivity index (χ0) is 14.4. The molecule has 0 aliphatic heterocycles. The van der Waals surface area contributed by atoms with Crippen LogP contribution in [0.25, 0.3) is 11.4 Å². The number of nitrogens with two attached hydrogens (primary N) is 1. The third kappa shape index (κ3) is 2.42. The third-order valence-electron chi connectivity index (χ3n) is 4.09. The third-order valence-corrected chi connectivity index (χ3v) is 4.09. The Morgan fingerprint density at radius 1 is 1.38 bits per heavy atom. The summed E-state index contributed by atoms with van der Waals surface area (Å²) in [5.74, 6) is 2.05. The van der Waals surface area contributed by atoms with Crippen LogP contribution >= 0.6 is 0 Å². The fourth-order valence-corrected chi connectivity index (χ4v) is 2.30. The summed E-state index contributed by atoms with van der Waals surface area (Å²) in [6.45, 7) is 0. The largest absolute Gasteiger partial charge is 0.324 e. The highest BCUT2D eigenvalue weighted by atomic mass is 16.2. The number of hydrogen-bond donors (Lipinski definition) is 3. The molecule has 0 saturated heterocycles. The van der Waals surface area contributed by atoms with Crippen LogP contribution in [0.2, 0.25) is 0 Å². The summed E-state index contributed by atoms with van der Waals surface area (Å²) in [6, 6.07) is 7.55. The number of hydrogen-bond acceptors (Lipinski definition) is 4. The summed E-state index contributed by atoms with van der Waals surface area (Å²) in [5.41, 5.74) is 6.84. The van der Waals surface area contributed by atoms with Gasteiger partial charge in [-0.25, -0.2) is 4.98 Å². The predicted molar refractivity (Wildman–Crippen MR) is 78.6 cm³/mol. The van der Waals surface area contributed by atoms with E-state index in [1.165, 1.54) is 12.8 Å². The van der Waals surface area contributed by atoms with Crippen molar-refractivity contribution in [3.05, 3.63) is 30.1 Å². The van der Waals surface area contributed by atoms with Gasteiger partial charge in [0.05, 0.1) is 5.54 Å². The lowest BCUT2D eigenvalue weighted by Gasteiger charge is -2.10. The van der Waals surface area contributed by atoms with Crippen LogP contribution in [0.3, 0.4) is 0 Å². The Morgan fingerprint density at radius 2 is 2.19 bits per heavy atom. The molecule has 1 amide bonds. The number of nitrogens with one attached hydrogen (secondary N) is 2. The predicted octanol–water partition coefficient (Wildman–Crippen LogP) is 1.78. The van der Waals surface area contributed by atoms with Crippen molar-refractivity contribution >= 4 is 11.6 Å². The molecule has 2 fully saturated rings. The van der Waals surface area contributed by atoms with E-state index < -0.39 is 5.54 Å². The average molecular weight is 283 g/mol. The van der Waals surface area contributed by atoms with E-state index in [0.29, 0.717) is 11.7 Å². The first kappa shape index (κ1) is 12.5. The van der Waals surface area contributed by atoms with Crippen LogP contribution in [-0.4, -0.2) is 26.6 Å². The Balaban J connectivity index is 1.55. The number of nitrogens with zero attached hydrogens (tertiary/aromatic N) is 2. The summed E-state index contributed by atoms with van der Waals surface area (Å²) in [4.78, 5) is 16.5. The molecular formula is C15H17N5O. The Morgan fingerprint density at radius 3 is 2.90 bits per heavy atom. The van der Waals surface area contributed by atoms with Crippen molar-refractivity contribution in [2.45, 2.75) is 37.1 Å². The van der Waals surface area contributed by atoms with Gasteiger partial charge in [-0.1, -0.05) is 12.1 Å². The fraction of sp³-hybridized carbons (Fsp3) is 0.400. The molecule has 2 aliphatic rings. The van der Waals surface area contributed by atoms with Gasteiger partial charge in [-0.3, -0.25) is 9.89 Å². The maximum Gasteiger partial charge on any atom is 0.244 e. The standard InChI is InChI=1S/C15H17N5O/c16-15(6-7-15)14(21)17-11-3-1-2-10(8-11)13-18-12(19-20-13)9-4-5-9/h1-3,8-9H,4-7,16H2,(H,17,21)(H,18,19,20). The molecule has 4 rings (SSSR count). The van der Waals surface area contributed by atoms with Gasteiger partial charge >= 0.3 is 0 Å². The topological polar surface area (TPSA) is 96.7 Å². The van der Waals surface area contributed by atoms with Gasteiger partial charge in [0.2, 0.25) is 5.91 Å². The first-order valence-electron chi connectivity index (χ1n) is 7.27. The number of rotatable bonds is 4. The molecule has 108 valence electrons. The number of carbonyl (C=O) groups is 1. The van der Waals surface area contributed by atoms with Crippen molar-refractivity contribution in [1.29, 1.82) is 0 Å². The summed E-state index contributed by atoms with van der Waals surface area (Å²) in [7, 11) is 0. The number of aromatic amines is 1. The number of benzene rings is 1. The van der Waals surface area contributed by atoms with E-state index in [-0.39, 0.29) is 5.91 Å². The highest BCUT2D eigenvalue weighted by molar-refractivity contribution is 6.00. The molecule has 2 aliphatic carbocycles. The number of H-pyrrole nitrogens is 1.